The van der Waals surface area contributed by atoms with Gasteiger partial charge in [0.15, 0.2) is 0 Å². The molecule has 1 heterocycles. The second kappa shape index (κ2) is 8.34. The van der Waals surface area contributed by atoms with Crippen molar-refractivity contribution in [1.29, 1.82) is 0 Å². The molecular weight excluding hydrogens is 344 g/mol. The fourth-order valence-electron chi connectivity index (χ4n) is 3.03. The molecule has 0 radical (unpaired) electrons. The first-order valence-corrected chi connectivity index (χ1v) is 9.40. The minimum Gasteiger partial charge on any atom is -0.496 e. The Morgan fingerprint density at radius 3 is 2.58 bits per heavy atom. The lowest BCUT2D eigenvalue weighted by molar-refractivity contribution is 0.181. The van der Waals surface area contributed by atoms with Gasteiger partial charge in [0.05, 0.1) is 18.7 Å². The number of anilines is 1. The van der Waals surface area contributed by atoms with Crippen LogP contribution < -0.4 is 10.5 Å². The lowest BCUT2D eigenvalue weighted by atomic mass is 9.98. The smallest absolute Gasteiger partial charge is 0.124 e. The van der Waals surface area contributed by atoms with Crippen LogP contribution in [0.25, 0.3) is 11.3 Å². The molecule has 3 aromatic rings. The van der Waals surface area contributed by atoms with Gasteiger partial charge in [-0.25, -0.2) is 4.98 Å². The zero-order chi connectivity index (χ0) is 18.5. The highest BCUT2D eigenvalue weighted by molar-refractivity contribution is 7.16. The molecule has 2 aromatic carbocycles. The van der Waals surface area contributed by atoms with E-state index < -0.39 is 0 Å². The van der Waals surface area contributed by atoms with E-state index in [4.69, 9.17) is 20.2 Å². The first kappa shape index (κ1) is 18.4. The van der Waals surface area contributed by atoms with Crippen molar-refractivity contribution in [1.82, 2.24) is 4.98 Å². The molecular formula is C21H24N2O2S. The second-order valence-corrected chi connectivity index (χ2v) is 7.41. The van der Waals surface area contributed by atoms with Crippen LogP contribution in [0.1, 0.15) is 29.0 Å². The number of nitrogens with zero attached hydrogens (tertiary/aromatic N) is 1. The summed E-state index contributed by atoms with van der Waals surface area (Å²) in [6.07, 6.45) is 0.875. The fraction of sp³-hybridized carbons (Fsp3) is 0.286. The predicted molar refractivity (Wildman–Crippen MR) is 108 cm³/mol. The number of hydrogen-bond acceptors (Lipinski definition) is 5. The van der Waals surface area contributed by atoms with Gasteiger partial charge in [0, 0.05) is 24.7 Å². The van der Waals surface area contributed by atoms with E-state index in [1.165, 1.54) is 5.56 Å². The Morgan fingerprint density at radius 2 is 1.88 bits per heavy atom. The van der Waals surface area contributed by atoms with Crippen molar-refractivity contribution in [3.05, 3.63) is 64.7 Å². The number of rotatable bonds is 7. The molecule has 2 N–H and O–H groups in total. The topological polar surface area (TPSA) is 57.4 Å². The zero-order valence-corrected chi connectivity index (χ0v) is 16.2. The molecule has 136 valence electrons. The third-order valence-electron chi connectivity index (χ3n) is 4.40. The molecule has 0 aliphatic heterocycles. The van der Waals surface area contributed by atoms with E-state index in [0.717, 1.165) is 39.0 Å². The highest BCUT2D eigenvalue weighted by Gasteiger charge is 2.15. The summed E-state index contributed by atoms with van der Waals surface area (Å²) in [5.74, 6) is 1.21. The van der Waals surface area contributed by atoms with E-state index in [-0.39, 0.29) is 0 Å². The molecule has 5 heteroatoms. The Balaban J connectivity index is 1.85. The third-order valence-corrected chi connectivity index (χ3v) is 5.31. The van der Waals surface area contributed by atoms with Crippen LogP contribution in [0.2, 0.25) is 0 Å². The van der Waals surface area contributed by atoms with Crippen LogP contribution in [-0.2, 0) is 17.8 Å². The predicted octanol–water partition coefficient (Wildman–Crippen LogP) is 4.89. The molecule has 0 bridgehead atoms. The Bertz CT molecular complexity index is 862. The first-order valence-electron chi connectivity index (χ1n) is 8.58. The van der Waals surface area contributed by atoms with Gasteiger partial charge < -0.3 is 15.2 Å². The summed E-state index contributed by atoms with van der Waals surface area (Å²) in [6.45, 7) is 2.70. The molecule has 1 unspecified atom stereocenters. The lowest BCUT2D eigenvalue weighted by Gasteiger charge is -2.10. The van der Waals surface area contributed by atoms with E-state index in [0.29, 0.717) is 12.5 Å². The van der Waals surface area contributed by atoms with E-state index in [1.807, 2.05) is 24.3 Å². The van der Waals surface area contributed by atoms with Gasteiger partial charge in [-0.05, 0) is 29.7 Å². The van der Waals surface area contributed by atoms with Gasteiger partial charge >= 0.3 is 0 Å². The van der Waals surface area contributed by atoms with Crippen LogP contribution in [0.5, 0.6) is 5.75 Å². The molecule has 0 amide bonds. The van der Waals surface area contributed by atoms with Crippen molar-refractivity contribution in [2.24, 2.45) is 0 Å². The maximum absolute atomic E-state index is 6.28. The molecule has 26 heavy (non-hydrogen) atoms. The average molecular weight is 369 g/mol. The number of nitrogen functional groups attached to an aromatic ring is 1. The SMILES string of the molecule is COCc1cc(-c2nc(CC(C)c3ccccc3)sc2N)ccc1OC. The zero-order valence-electron chi connectivity index (χ0n) is 15.4. The Labute approximate surface area is 158 Å². The van der Waals surface area contributed by atoms with Crippen LogP contribution in [-0.4, -0.2) is 19.2 Å². The maximum atomic E-state index is 6.28. The summed E-state index contributed by atoms with van der Waals surface area (Å²) in [6, 6.07) is 16.5. The van der Waals surface area contributed by atoms with Crippen molar-refractivity contribution in [3.63, 3.8) is 0 Å². The minimum atomic E-state index is 0.398. The summed E-state index contributed by atoms with van der Waals surface area (Å²) in [5, 5.41) is 1.80. The molecule has 1 aromatic heterocycles. The number of methoxy groups -OCH3 is 2. The molecule has 0 aliphatic rings. The van der Waals surface area contributed by atoms with Crippen molar-refractivity contribution >= 4 is 16.3 Å². The van der Waals surface area contributed by atoms with Crippen molar-refractivity contribution < 1.29 is 9.47 Å². The van der Waals surface area contributed by atoms with Crippen molar-refractivity contribution in [2.75, 3.05) is 20.0 Å². The number of aromatic nitrogens is 1. The standard InChI is InChI=1S/C21H24N2O2S/c1-14(15-7-5-4-6-8-15)11-19-23-20(21(22)26-19)16-9-10-18(25-3)17(12-16)13-24-2/h4-10,12,14H,11,13,22H2,1-3H3. The third kappa shape index (κ3) is 4.06. The molecule has 0 fully saturated rings. The van der Waals surface area contributed by atoms with Crippen LogP contribution in [0.15, 0.2) is 48.5 Å². The van der Waals surface area contributed by atoms with Crippen LogP contribution in [0, 0.1) is 0 Å². The van der Waals surface area contributed by atoms with Gasteiger partial charge in [-0.15, -0.1) is 11.3 Å². The van der Waals surface area contributed by atoms with Gasteiger partial charge in [-0.3, -0.25) is 0 Å². The normalized spacial score (nSPS) is 12.1. The molecule has 0 spiro atoms. The highest BCUT2D eigenvalue weighted by Crippen LogP contribution is 2.35. The lowest BCUT2D eigenvalue weighted by Crippen LogP contribution is -1.98. The van der Waals surface area contributed by atoms with Gasteiger partial charge in [-0.1, -0.05) is 37.3 Å². The van der Waals surface area contributed by atoms with E-state index in [9.17, 15) is 0 Å². The number of thiazole rings is 1. The summed E-state index contributed by atoms with van der Waals surface area (Å²) < 4.78 is 10.7. The summed E-state index contributed by atoms with van der Waals surface area (Å²) in [4.78, 5) is 4.81. The fourth-order valence-corrected chi connectivity index (χ4v) is 4.01. The van der Waals surface area contributed by atoms with Gasteiger partial charge in [0.2, 0.25) is 0 Å². The van der Waals surface area contributed by atoms with Gasteiger partial charge in [0.1, 0.15) is 16.4 Å². The van der Waals surface area contributed by atoms with Crippen LogP contribution >= 0.6 is 11.3 Å². The van der Waals surface area contributed by atoms with Crippen molar-refractivity contribution in [2.45, 2.75) is 25.9 Å². The molecule has 3 rings (SSSR count). The molecule has 0 saturated heterocycles. The minimum absolute atomic E-state index is 0.398. The number of ether oxygens (including phenoxy) is 2. The first-order chi connectivity index (χ1) is 12.6. The molecule has 4 nitrogen and oxygen atoms in total. The van der Waals surface area contributed by atoms with Crippen molar-refractivity contribution in [3.8, 4) is 17.0 Å². The molecule has 0 aliphatic carbocycles. The average Bonchev–Trinajstić information content (AvgIpc) is 3.02. The number of benzene rings is 2. The maximum Gasteiger partial charge on any atom is 0.124 e. The monoisotopic (exact) mass is 368 g/mol. The quantitative estimate of drug-likeness (QED) is 0.645. The Hall–Kier alpha value is -2.37. The molecule has 1 atom stereocenters. The number of hydrogen-bond donors (Lipinski definition) is 1. The highest BCUT2D eigenvalue weighted by atomic mass is 32.1. The Kier molecular flexibility index (Phi) is 5.91. The Morgan fingerprint density at radius 1 is 1.12 bits per heavy atom. The molecule has 0 saturated carbocycles. The van der Waals surface area contributed by atoms with Crippen LogP contribution in [0.3, 0.4) is 0 Å². The van der Waals surface area contributed by atoms with E-state index in [2.05, 4.69) is 31.2 Å². The number of nitrogens with two attached hydrogens (primary N) is 1. The van der Waals surface area contributed by atoms with E-state index >= 15 is 0 Å². The van der Waals surface area contributed by atoms with Gasteiger partial charge in [0.25, 0.3) is 0 Å². The summed E-state index contributed by atoms with van der Waals surface area (Å²) in [7, 11) is 3.33. The van der Waals surface area contributed by atoms with Gasteiger partial charge in [-0.2, -0.15) is 0 Å². The second-order valence-electron chi connectivity index (χ2n) is 6.30. The van der Waals surface area contributed by atoms with Crippen LogP contribution in [0.4, 0.5) is 5.00 Å². The summed E-state index contributed by atoms with van der Waals surface area (Å²) >= 11 is 1.57. The van der Waals surface area contributed by atoms with E-state index in [1.54, 1.807) is 25.6 Å². The largest absolute Gasteiger partial charge is 0.496 e. The summed E-state index contributed by atoms with van der Waals surface area (Å²) in [5.41, 5.74) is 10.4.